The van der Waals surface area contributed by atoms with Crippen LogP contribution in [0.25, 0.3) is 4.13 Å². The van der Waals surface area contributed by atoms with E-state index in [9.17, 15) is 43.2 Å². The average molecular weight is 396 g/mol. The van der Waals surface area contributed by atoms with E-state index in [1.54, 1.807) is 0 Å². The molecule has 23 heavy (non-hydrogen) atoms. The van der Waals surface area contributed by atoms with Crippen molar-refractivity contribution in [1.29, 1.82) is 0 Å². The van der Waals surface area contributed by atoms with E-state index in [2.05, 4.69) is 12.2 Å². The van der Waals surface area contributed by atoms with Crippen molar-refractivity contribution >= 4 is 20.0 Å². The van der Waals surface area contributed by atoms with Crippen molar-refractivity contribution in [2.75, 3.05) is 19.7 Å². The van der Waals surface area contributed by atoms with Crippen LogP contribution in [0.5, 0.6) is 0 Å². The summed E-state index contributed by atoms with van der Waals surface area (Å²) >= 11 is 0. The Kier molecular flexibility index (Phi) is 7.73. The fraction of sp³-hybridized carbons (Fsp3) is 1.00. The van der Waals surface area contributed by atoms with Crippen LogP contribution >= 0.6 is 0 Å². The molecule has 140 valence electrons. The third-order valence-electron chi connectivity index (χ3n) is 2.17. The van der Waals surface area contributed by atoms with E-state index < -0.39 is 31.1 Å². The first-order valence-electron chi connectivity index (χ1n) is 5.94. The molecule has 0 aliphatic carbocycles. The van der Waals surface area contributed by atoms with Crippen molar-refractivity contribution in [3.63, 3.8) is 0 Å². The van der Waals surface area contributed by atoms with Gasteiger partial charge in [0.2, 0.25) is 0 Å². The standard InChI is InChI=1S/C6H13NO.C2F6NO4S2/c1-2-7-4-3-6-5-8-6;3-1(4,5)14(10,11)9-15(12,13)2(6,7)8/h6-7H,2-5H2,1H3;/q;-1/p+1. The zero-order valence-corrected chi connectivity index (χ0v) is 13.2. The Bertz CT molecular complexity index is 525. The van der Waals surface area contributed by atoms with Gasteiger partial charge in [0.05, 0.1) is 25.8 Å². The molecule has 1 fully saturated rings. The largest absolute Gasteiger partial charge is 0.480 e. The fourth-order valence-electron chi connectivity index (χ4n) is 0.956. The first-order valence-corrected chi connectivity index (χ1v) is 8.82. The van der Waals surface area contributed by atoms with E-state index in [0.717, 1.165) is 10.7 Å². The molecule has 15 heteroatoms. The molecule has 1 aliphatic rings. The van der Waals surface area contributed by atoms with Crippen LogP contribution in [0.4, 0.5) is 26.3 Å². The predicted octanol–water partition coefficient (Wildman–Crippen LogP) is 0.418. The van der Waals surface area contributed by atoms with E-state index in [1.165, 1.54) is 19.5 Å². The molecule has 0 aromatic carbocycles. The molecule has 0 amide bonds. The molecule has 7 nitrogen and oxygen atoms in total. The average Bonchev–Trinajstić information content (AvgIpc) is 3.09. The van der Waals surface area contributed by atoms with E-state index in [0.29, 0.717) is 6.10 Å². The lowest BCUT2D eigenvalue weighted by Crippen LogP contribution is -2.83. The second kappa shape index (κ2) is 7.96. The Balaban J connectivity index is 0.000000502. The lowest BCUT2D eigenvalue weighted by Gasteiger charge is -2.22. The third-order valence-corrected chi connectivity index (χ3v) is 4.91. The van der Waals surface area contributed by atoms with Gasteiger partial charge in [-0.15, -0.1) is 0 Å². The van der Waals surface area contributed by atoms with Gasteiger partial charge in [0.25, 0.3) is 0 Å². The number of alkyl halides is 6. The van der Waals surface area contributed by atoms with Crippen molar-refractivity contribution in [3.8, 4) is 0 Å². The molecule has 1 heterocycles. The van der Waals surface area contributed by atoms with Gasteiger partial charge in [0.15, 0.2) is 20.0 Å². The first-order chi connectivity index (χ1) is 10.1. The number of rotatable bonds is 6. The Morgan fingerprint density at radius 2 is 1.43 bits per heavy atom. The molecule has 2 N–H and O–H groups in total. The maximum atomic E-state index is 11.4. The van der Waals surface area contributed by atoms with Crippen molar-refractivity contribution in [1.82, 2.24) is 0 Å². The number of nitrogens with two attached hydrogens (primary N) is 1. The van der Waals surface area contributed by atoms with Crippen LogP contribution in [0, 0.1) is 0 Å². The molecule has 1 unspecified atom stereocenters. The van der Waals surface area contributed by atoms with Gasteiger partial charge in [-0.25, -0.2) is 16.8 Å². The minimum absolute atomic E-state index is 0.623. The Hall–Kier alpha value is -0.640. The fourth-order valence-corrected chi connectivity index (χ4v) is 2.67. The minimum atomic E-state index is -6.72. The van der Waals surface area contributed by atoms with Crippen LogP contribution in [0.1, 0.15) is 13.3 Å². The summed E-state index contributed by atoms with van der Waals surface area (Å²) < 4.78 is 114. The minimum Gasteiger partial charge on any atom is -0.421 e. The van der Waals surface area contributed by atoms with Crippen molar-refractivity contribution in [3.05, 3.63) is 4.13 Å². The molecule has 1 rings (SSSR count). The summed E-state index contributed by atoms with van der Waals surface area (Å²) in [6, 6.07) is 0. The summed E-state index contributed by atoms with van der Waals surface area (Å²) in [6.45, 7) is 5.62. The highest BCUT2D eigenvalue weighted by Crippen LogP contribution is 2.36. The summed E-state index contributed by atoms with van der Waals surface area (Å²) in [5.41, 5.74) is -12.4. The highest BCUT2D eigenvalue weighted by atomic mass is 32.3. The van der Waals surface area contributed by atoms with Gasteiger partial charge < -0.3 is 14.2 Å². The number of epoxide rings is 1. The van der Waals surface area contributed by atoms with Crippen LogP contribution in [0.3, 0.4) is 0 Å². The van der Waals surface area contributed by atoms with Gasteiger partial charge in [-0.2, -0.15) is 26.3 Å². The molecule has 1 aliphatic heterocycles. The van der Waals surface area contributed by atoms with E-state index in [-0.39, 0.29) is 0 Å². The molecule has 0 aromatic heterocycles. The summed E-state index contributed by atoms with van der Waals surface area (Å²) in [7, 11) is -13.4. The Morgan fingerprint density at radius 1 is 1.04 bits per heavy atom. The van der Waals surface area contributed by atoms with Crippen molar-refractivity contribution in [2.24, 2.45) is 0 Å². The van der Waals surface area contributed by atoms with E-state index in [1.807, 2.05) is 0 Å². The predicted molar refractivity (Wildman–Crippen MR) is 65.0 cm³/mol. The van der Waals surface area contributed by atoms with Crippen LogP contribution in [-0.4, -0.2) is 53.7 Å². The van der Waals surface area contributed by atoms with Crippen LogP contribution < -0.4 is 5.32 Å². The SMILES string of the molecule is CC[NH2+]CCC1CO1.O=S(=O)([N-]S(=O)(=O)C(F)(F)F)C(F)(F)F. The van der Waals surface area contributed by atoms with Crippen LogP contribution in [-0.2, 0) is 24.8 Å². The number of ether oxygens (including phenoxy) is 1. The van der Waals surface area contributed by atoms with Gasteiger partial charge in [-0.1, -0.05) is 0 Å². The highest BCUT2D eigenvalue weighted by molar-refractivity contribution is 8.13. The van der Waals surface area contributed by atoms with Gasteiger partial charge >= 0.3 is 11.0 Å². The molecule has 0 spiro atoms. The zero-order chi connectivity index (χ0) is 18.5. The lowest BCUT2D eigenvalue weighted by molar-refractivity contribution is -0.652. The number of hydrogen-bond acceptors (Lipinski definition) is 5. The second-order valence-electron chi connectivity index (χ2n) is 4.15. The summed E-state index contributed by atoms with van der Waals surface area (Å²) in [6.07, 6.45) is 1.87. The van der Waals surface area contributed by atoms with Gasteiger partial charge in [0, 0.05) is 6.42 Å². The molecular weight excluding hydrogens is 382 g/mol. The van der Waals surface area contributed by atoms with E-state index in [4.69, 9.17) is 4.74 Å². The molecule has 1 atom stereocenters. The Labute approximate surface area is 128 Å². The smallest absolute Gasteiger partial charge is 0.421 e. The molecular formula is C8H14F6N2O5S2. The maximum absolute atomic E-state index is 11.4. The summed E-state index contributed by atoms with van der Waals surface area (Å²) in [5.74, 6) is 0. The number of nitrogens with zero attached hydrogens (tertiary/aromatic N) is 1. The Morgan fingerprint density at radius 3 is 1.70 bits per heavy atom. The normalized spacial score (nSPS) is 19.0. The molecule has 0 bridgehead atoms. The molecule has 0 aromatic rings. The topological polar surface area (TPSA) is 112 Å². The van der Waals surface area contributed by atoms with Gasteiger partial charge in [0.1, 0.15) is 0 Å². The maximum Gasteiger partial charge on any atom is 0.480 e. The van der Waals surface area contributed by atoms with Crippen molar-refractivity contribution in [2.45, 2.75) is 30.5 Å². The van der Waals surface area contributed by atoms with Crippen LogP contribution in [0.15, 0.2) is 0 Å². The van der Waals surface area contributed by atoms with Crippen molar-refractivity contribution < 1.29 is 53.2 Å². The van der Waals surface area contributed by atoms with Crippen LogP contribution in [0.2, 0.25) is 0 Å². The van der Waals surface area contributed by atoms with Gasteiger partial charge in [-0.3, -0.25) is 0 Å². The number of quaternary nitrogens is 1. The zero-order valence-electron chi connectivity index (χ0n) is 11.6. The third kappa shape index (κ3) is 8.14. The van der Waals surface area contributed by atoms with E-state index >= 15 is 0 Å². The van der Waals surface area contributed by atoms with Gasteiger partial charge in [-0.05, 0) is 6.92 Å². The molecule has 0 saturated carbocycles. The highest BCUT2D eigenvalue weighted by Gasteiger charge is 2.46. The number of sulfonamides is 2. The summed E-state index contributed by atoms with van der Waals surface area (Å²) in [4.78, 5) is 0. The monoisotopic (exact) mass is 396 g/mol. The number of hydrogen-bond donors (Lipinski definition) is 1. The second-order valence-corrected chi connectivity index (χ2v) is 7.57. The summed E-state index contributed by atoms with van der Waals surface area (Å²) in [5, 5.41) is 2.31. The molecule has 1 saturated heterocycles. The molecule has 0 radical (unpaired) electrons. The quantitative estimate of drug-likeness (QED) is 0.397. The lowest BCUT2D eigenvalue weighted by atomic mass is 10.3. The number of halogens is 6. The first kappa shape index (κ1) is 22.4.